The number of pyridine rings is 1. The number of carbonyl (C=O) groups is 2. The van der Waals surface area contributed by atoms with Gasteiger partial charge in [-0.05, 0) is 83.0 Å². The zero-order valence-electron chi connectivity index (χ0n) is 27.2. The molecule has 6 rings (SSSR count). The van der Waals surface area contributed by atoms with Crippen molar-refractivity contribution < 1.29 is 35.9 Å². The molecule has 262 valence electrons. The highest BCUT2D eigenvalue weighted by molar-refractivity contribution is 6.08. The first-order valence-electron chi connectivity index (χ1n) is 16.4. The van der Waals surface area contributed by atoms with Crippen LogP contribution in [0.15, 0.2) is 115 Å². The number of aryl methyl sites for hydroxylation is 1. The topological polar surface area (TPSA) is 71.1 Å². The smallest absolute Gasteiger partial charge is 0.355 e. The van der Waals surface area contributed by atoms with Gasteiger partial charge in [-0.15, -0.1) is 0 Å². The lowest BCUT2D eigenvalue weighted by Gasteiger charge is -2.31. The minimum atomic E-state index is -4.47. The first kappa shape index (κ1) is 35.4. The zero-order chi connectivity index (χ0) is 36.2. The minimum Gasteiger partial charge on any atom is -0.355 e. The Labute approximate surface area is 290 Å². The molecule has 5 aromatic rings. The van der Waals surface area contributed by atoms with E-state index in [0.29, 0.717) is 42.5 Å². The number of carbonyl (C=O) groups excluding carboxylic acids is 2. The molecular weight excluding hydrogens is 668 g/mol. The van der Waals surface area contributed by atoms with Crippen LogP contribution in [0.3, 0.4) is 0 Å². The third kappa shape index (κ3) is 7.67. The van der Waals surface area contributed by atoms with Crippen molar-refractivity contribution >= 4 is 17.5 Å². The lowest BCUT2D eigenvalue weighted by molar-refractivity contribution is -0.138. The highest BCUT2D eigenvalue weighted by atomic mass is 19.4. The van der Waals surface area contributed by atoms with E-state index in [1.54, 1.807) is 36.4 Å². The van der Waals surface area contributed by atoms with Gasteiger partial charge >= 0.3 is 12.4 Å². The lowest BCUT2D eigenvalue weighted by atomic mass is 9.73. The summed E-state index contributed by atoms with van der Waals surface area (Å²) in [5.41, 5.74) is 3.81. The van der Waals surface area contributed by atoms with Crippen molar-refractivity contribution in [3.8, 4) is 22.3 Å². The van der Waals surface area contributed by atoms with Gasteiger partial charge in [0, 0.05) is 17.8 Å². The molecular formula is C40H33F6N3O2. The van der Waals surface area contributed by atoms with Gasteiger partial charge in [0.05, 0.1) is 23.9 Å². The molecule has 11 heteroatoms. The number of rotatable bonds is 11. The van der Waals surface area contributed by atoms with Crippen LogP contribution in [-0.2, 0) is 22.8 Å². The van der Waals surface area contributed by atoms with Crippen molar-refractivity contribution in [1.29, 1.82) is 0 Å². The summed E-state index contributed by atoms with van der Waals surface area (Å²) < 4.78 is 78.0. The largest absolute Gasteiger partial charge is 0.416 e. The van der Waals surface area contributed by atoms with Gasteiger partial charge in [0.2, 0.25) is 5.91 Å². The van der Waals surface area contributed by atoms with Gasteiger partial charge in [-0.25, -0.2) is 0 Å². The van der Waals surface area contributed by atoms with Crippen molar-refractivity contribution in [2.45, 2.75) is 49.9 Å². The number of hydrogen-bond acceptors (Lipinski definition) is 3. The number of nitrogens with one attached hydrogen (secondary N) is 2. The van der Waals surface area contributed by atoms with E-state index in [-0.39, 0.29) is 5.56 Å². The summed E-state index contributed by atoms with van der Waals surface area (Å²) in [4.78, 5) is 31.6. The van der Waals surface area contributed by atoms with E-state index in [4.69, 9.17) is 0 Å². The Bertz CT molecular complexity index is 1980. The van der Waals surface area contributed by atoms with E-state index >= 15 is 0 Å². The first-order chi connectivity index (χ1) is 24.4. The Morgan fingerprint density at radius 3 is 1.88 bits per heavy atom. The van der Waals surface area contributed by atoms with Crippen LogP contribution in [0.2, 0.25) is 0 Å². The van der Waals surface area contributed by atoms with Crippen molar-refractivity contribution in [2.75, 3.05) is 11.9 Å². The summed E-state index contributed by atoms with van der Waals surface area (Å²) in [5, 5.41) is 5.37. The second-order valence-corrected chi connectivity index (χ2v) is 12.4. The molecule has 1 aliphatic carbocycles. The fraction of sp³-hybridized carbons (Fsp3) is 0.225. The molecule has 1 aromatic heterocycles. The average molecular weight is 702 g/mol. The van der Waals surface area contributed by atoms with Gasteiger partial charge < -0.3 is 10.6 Å². The molecule has 0 saturated carbocycles. The highest BCUT2D eigenvalue weighted by Gasteiger charge is 2.48. The Morgan fingerprint density at radius 1 is 0.686 bits per heavy atom. The van der Waals surface area contributed by atoms with Gasteiger partial charge in [-0.1, -0.05) is 85.3 Å². The summed E-state index contributed by atoms with van der Waals surface area (Å²) in [7, 11) is 0. The van der Waals surface area contributed by atoms with Gasteiger partial charge in [-0.3, -0.25) is 14.6 Å². The SMILES string of the molecule is O=C(Nc1ccc(CCCCC2(C(=O)NCCC(F)(F)F)c3ccccc3-c3ccccc32)nc1)c1ccccc1-c1ccc(C(F)(F)F)cc1. The maximum absolute atomic E-state index is 13.9. The van der Waals surface area contributed by atoms with E-state index in [1.807, 2.05) is 48.5 Å². The summed E-state index contributed by atoms with van der Waals surface area (Å²) in [6.45, 7) is -0.512. The molecule has 5 nitrogen and oxygen atoms in total. The number of amides is 2. The van der Waals surface area contributed by atoms with Crippen molar-refractivity contribution in [3.63, 3.8) is 0 Å². The predicted octanol–water partition coefficient (Wildman–Crippen LogP) is 9.77. The second kappa shape index (κ2) is 14.4. The normalized spacial score (nSPS) is 13.3. The fourth-order valence-corrected chi connectivity index (χ4v) is 6.73. The van der Waals surface area contributed by atoms with Crippen LogP contribution in [0.5, 0.6) is 0 Å². The molecule has 2 N–H and O–H groups in total. The molecule has 0 saturated heterocycles. The van der Waals surface area contributed by atoms with E-state index in [1.165, 1.54) is 18.3 Å². The third-order valence-electron chi connectivity index (χ3n) is 9.16. The molecule has 0 atom stereocenters. The van der Waals surface area contributed by atoms with E-state index < -0.39 is 48.1 Å². The maximum atomic E-state index is 13.9. The number of alkyl halides is 6. The molecule has 0 aliphatic heterocycles. The third-order valence-corrected chi connectivity index (χ3v) is 9.16. The van der Waals surface area contributed by atoms with Gasteiger partial charge in [0.25, 0.3) is 5.91 Å². The van der Waals surface area contributed by atoms with Crippen LogP contribution in [0.1, 0.15) is 58.4 Å². The molecule has 0 bridgehead atoms. The van der Waals surface area contributed by atoms with Crippen LogP contribution in [0.4, 0.5) is 32.0 Å². The standard InChI is InChI=1S/C40H33F6N3O2/c41-39(42,43)23-24-47-37(51)38(34-14-5-3-11-31(34)32-12-4-6-15-35(32)38)22-8-7-9-28-20-21-29(25-48-28)49-36(50)33-13-2-1-10-30(33)26-16-18-27(19-17-26)40(44,45)46/h1-6,10-21,25H,7-9,22-24H2,(H,47,51)(H,49,50). The van der Waals surface area contributed by atoms with E-state index in [0.717, 1.165) is 40.1 Å². The summed E-state index contributed by atoms with van der Waals surface area (Å²) in [6.07, 6.45) is -6.30. The van der Waals surface area contributed by atoms with Crippen LogP contribution >= 0.6 is 0 Å². The fourth-order valence-electron chi connectivity index (χ4n) is 6.73. The van der Waals surface area contributed by atoms with Crippen molar-refractivity contribution in [3.05, 3.63) is 143 Å². The van der Waals surface area contributed by atoms with Gasteiger partial charge in [0.15, 0.2) is 0 Å². The number of anilines is 1. The molecule has 1 heterocycles. The van der Waals surface area contributed by atoms with Crippen LogP contribution in [0, 0.1) is 0 Å². The summed E-state index contributed by atoms with van der Waals surface area (Å²) >= 11 is 0. The maximum Gasteiger partial charge on any atom is 0.416 e. The molecule has 0 fully saturated rings. The molecule has 0 spiro atoms. The molecule has 0 radical (unpaired) electrons. The minimum absolute atomic E-state index is 0.285. The summed E-state index contributed by atoms with van der Waals surface area (Å²) in [5.74, 6) is -0.904. The number of benzene rings is 4. The highest BCUT2D eigenvalue weighted by Crippen LogP contribution is 2.51. The molecule has 1 aliphatic rings. The van der Waals surface area contributed by atoms with Gasteiger partial charge in [-0.2, -0.15) is 26.3 Å². The molecule has 51 heavy (non-hydrogen) atoms. The quantitative estimate of drug-likeness (QED) is 0.106. The number of nitrogens with zero attached hydrogens (tertiary/aromatic N) is 1. The second-order valence-electron chi connectivity index (χ2n) is 12.4. The molecule has 2 amide bonds. The number of fused-ring (bicyclic) bond motifs is 3. The van der Waals surface area contributed by atoms with E-state index in [2.05, 4.69) is 15.6 Å². The first-order valence-corrected chi connectivity index (χ1v) is 16.4. The Kier molecular flexibility index (Phi) is 10.0. The lowest BCUT2D eigenvalue weighted by Crippen LogP contribution is -2.45. The van der Waals surface area contributed by atoms with Crippen molar-refractivity contribution in [1.82, 2.24) is 10.3 Å². The number of halogens is 6. The Morgan fingerprint density at radius 2 is 1.29 bits per heavy atom. The van der Waals surface area contributed by atoms with Crippen LogP contribution in [0.25, 0.3) is 22.3 Å². The Hall–Kier alpha value is -5.45. The van der Waals surface area contributed by atoms with E-state index in [9.17, 15) is 35.9 Å². The average Bonchev–Trinajstić information content (AvgIpc) is 3.40. The summed E-state index contributed by atoms with van der Waals surface area (Å²) in [6, 6.07) is 29.7. The number of aromatic nitrogens is 1. The predicted molar refractivity (Wildman–Crippen MR) is 183 cm³/mol. The number of unbranched alkanes of at least 4 members (excludes halogenated alkanes) is 1. The Balaban J connectivity index is 1.11. The monoisotopic (exact) mass is 701 g/mol. The molecule has 0 unspecified atom stereocenters. The molecule has 4 aromatic carbocycles. The zero-order valence-corrected chi connectivity index (χ0v) is 27.2. The van der Waals surface area contributed by atoms with Crippen molar-refractivity contribution in [2.24, 2.45) is 0 Å². The van der Waals surface area contributed by atoms with Crippen LogP contribution < -0.4 is 10.6 Å². The number of hydrogen-bond donors (Lipinski definition) is 2. The van der Waals surface area contributed by atoms with Gasteiger partial charge in [0.1, 0.15) is 5.41 Å². The van der Waals surface area contributed by atoms with Crippen LogP contribution in [-0.4, -0.2) is 29.5 Å².